The highest BCUT2D eigenvalue weighted by Crippen LogP contribution is 2.10. The molecule has 0 N–H and O–H groups in total. The fourth-order valence-electron chi connectivity index (χ4n) is 2.51. The molecule has 0 saturated carbocycles. The molecule has 0 heterocycles. The molecule has 3 nitrogen and oxygen atoms in total. The lowest BCUT2D eigenvalue weighted by Crippen LogP contribution is -1.96. The largest absolute Gasteiger partial charge is 0.466 e. The van der Waals surface area contributed by atoms with E-state index >= 15 is 0 Å². The van der Waals surface area contributed by atoms with E-state index in [1.54, 1.807) is 6.08 Å². The van der Waals surface area contributed by atoms with Gasteiger partial charge >= 0.3 is 5.97 Å². The summed E-state index contributed by atoms with van der Waals surface area (Å²) in [4.78, 5) is 11.4. The second-order valence-electron chi connectivity index (χ2n) is 6.70. The summed E-state index contributed by atoms with van der Waals surface area (Å²) in [5.41, 5.74) is 3.38. The molecule has 1 aromatic carbocycles. The zero-order valence-electron chi connectivity index (χ0n) is 17.5. The highest BCUT2D eigenvalue weighted by molar-refractivity contribution is 5.83. The minimum atomic E-state index is -0.300. The molecule has 0 spiro atoms. The monoisotopic (exact) mass is 382 g/mol. The average Bonchev–Trinajstić information content (AvgIpc) is 2.71. The first kappa shape index (κ1) is 23.6. The molecule has 0 amide bonds. The van der Waals surface area contributed by atoms with E-state index in [9.17, 15) is 4.79 Å². The molecule has 0 aliphatic heterocycles. The van der Waals surface area contributed by atoms with Crippen molar-refractivity contribution in [1.82, 2.24) is 0 Å². The molecule has 28 heavy (non-hydrogen) atoms. The van der Waals surface area contributed by atoms with Gasteiger partial charge in [0.1, 0.15) is 0 Å². The summed E-state index contributed by atoms with van der Waals surface area (Å²) >= 11 is 0. The Morgan fingerprint density at radius 1 is 1.11 bits per heavy atom. The van der Waals surface area contributed by atoms with Crippen LogP contribution in [0.2, 0.25) is 0 Å². The molecule has 0 bridgehead atoms. The van der Waals surface area contributed by atoms with Crippen LogP contribution in [-0.4, -0.2) is 19.7 Å². The molecule has 0 aliphatic rings. The number of allylic oxidation sites excluding steroid dienone is 7. The van der Waals surface area contributed by atoms with Crippen LogP contribution < -0.4 is 0 Å². The molecule has 152 valence electrons. The topological polar surface area (TPSA) is 35.5 Å². The molecule has 1 aromatic rings. The van der Waals surface area contributed by atoms with Gasteiger partial charge in [0.05, 0.1) is 13.7 Å². The lowest BCUT2D eigenvalue weighted by atomic mass is 10.1. The maximum Gasteiger partial charge on any atom is 0.330 e. The van der Waals surface area contributed by atoms with Crippen molar-refractivity contribution >= 4 is 5.97 Å². The van der Waals surface area contributed by atoms with Crippen molar-refractivity contribution in [1.29, 1.82) is 0 Å². The smallest absolute Gasteiger partial charge is 0.330 e. The van der Waals surface area contributed by atoms with Gasteiger partial charge in [-0.05, 0) is 43.7 Å². The molecule has 0 aromatic heterocycles. The minimum Gasteiger partial charge on any atom is -0.466 e. The highest BCUT2D eigenvalue weighted by atomic mass is 16.5. The number of methoxy groups -OCH3 is 1. The SMILES string of the molecule is CCCCC(=C/C(=O)OC)/C=C/C=C(C)/C=C/CCCOCc1ccccc1. The van der Waals surface area contributed by atoms with E-state index in [1.165, 1.54) is 18.2 Å². The van der Waals surface area contributed by atoms with E-state index in [0.717, 1.165) is 44.3 Å². The van der Waals surface area contributed by atoms with Gasteiger partial charge in [-0.15, -0.1) is 0 Å². The van der Waals surface area contributed by atoms with Crippen LogP contribution in [0.4, 0.5) is 0 Å². The van der Waals surface area contributed by atoms with Gasteiger partial charge in [-0.1, -0.05) is 79.6 Å². The molecular formula is C25H34O3. The number of carbonyl (C=O) groups is 1. The summed E-state index contributed by atoms with van der Waals surface area (Å²) in [6.07, 6.45) is 16.9. The van der Waals surface area contributed by atoms with Gasteiger partial charge in [0.15, 0.2) is 0 Å². The summed E-state index contributed by atoms with van der Waals surface area (Å²) in [5.74, 6) is -0.300. The summed E-state index contributed by atoms with van der Waals surface area (Å²) in [6, 6.07) is 10.2. The second-order valence-corrected chi connectivity index (χ2v) is 6.70. The minimum absolute atomic E-state index is 0.300. The van der Waals surface area contributed by atoms with Gasteiger partial charge < -0.3 is 9.47 Å². The lowest BCUT2D eigenvalue weighted by molar-refractivity contribution is -0.134. The quantitative estimate of drug-likeness (QED) is 0.173. The van der Waals surface area contributed by atoms with Gasteiger partial charge in [0, 0.05) is 12.7 Å². The van der Waals surface area contributed by atoms with Crippen LogP contribution in [0, 0.1) is 0 Å². The second kappa shape index (κ2) is 15.6. The lowest BCUT2D eigenvalue weighted by Gasteiger charge is -2.02. The van der Waals surface area contributed by atoms with Gasteiger partial charge in [-0.25, -0.2) is 4.79 Å². The summed E-state index contributed by atoms with van der Waals surface area (Å²) in [5, 5.41) is 0. The highest BCUT2D eigenvalue weighted by Gasteiger charge is 1.98. The number of unbranched alkanes of at least 4 members (excludes halogenated alkanes) is 2. The van der Waals surface area contributed by atoms with Crippen molar-refractivity contribution in [3.05, 3.63) is 83.5 Å². The Morgan fingerprint density at radius 3 is 2.61 bits per heavy atom. The Bertz CT molecular complexity index is 666. The molecule has 0 atom stereocenters. The third-order valence-electron chi connectivity index (χ3n) is 4.14. The molecular weight excluding hydrogens is 348 g/mol. The Morgan fingerprint density at radius 2 is 1.89 bits per heavy atom. The maximum absolute atomic E-state index is 11.4. The van der Waals surface area contributed by atoms with Crippen LogP contribution in [0.3, 0.4) is 0 Å². The standard InChI is InChI=1S/C25H34O3/c1-4-5-15-23(20-25(26)27-3)18-12-14-22(2)13-8-7-11-19-28-21-24-16-9-6-10-17-24/h6,8-10,12-14,16-18,20H,4-5,7,11,15,19,21H2,1-3H3/b13-8+,18-12+,22-14+,23-20-. The van der Waals surface area contributed by atoms with E-state index in [0.29, 0.717) is 6.61 Å². The summed E-state index contributed by atoms with van der Waals surface area (Å²) in [7, 11) is 1.40. The average molecular weight is 383 g/mol. The molecule has 1 rings (SSSR count). The van der Waals surface area contributed by atoms with Gasteiger partial charge in [-0.3, -0.25) is 0 Å². The van der Waals surface area contributed by atoms with Crippen molar-refractivity contribution in [2.75, 3.05) is 13.7 Å². The number of hydrogen-bond acceptors (Lipinski definition) is 3. The first-order chi connectivity index (χ1) is 13.7. The zero-order valence-corrected chi connectivity index (χ0v) is 17.5. The van der Waals surface area contributed by atoms with Crippen LogP contribution in [0.25, 0.3) is 0 Å². The fourth-order valence-corrected chi connectivity index (χ4v) is 2.51. The van der Waals surface area contributed by atoms with Gasteiger partial charge in [-0.2, -0.15) is 0 Å². The normalized spacial score (nSPS) is 12.8. The van der Waals surface area contributed by atoms with Crippen LogP contribution in [-0.2, 0) is 20.9 Å². The van der Waals surface area contributed by atoms with Crippen LogP contribution in [0.15, 0.2) is 77.9 Å². The number of benzene rings is 1. The summed E-state index contributed by atoms with van der Waals surface area (Å²) in [6.45, 7) is 5.65. The zero-order chi connectivity index (χ0) is 20.5. The molecule has 0 saturated heterocycles. The Kier molecular flexibility index (Phi) is 13.2. The Hall–Kier alpha value is -2.39. The van der Waals surface area contributed by atoms with E-state index in [4.69, 9.17) is 9.47 Å². The van der Waals surface area contributed by atoms with E-state index in [1.807, 2.05) is 30.4 Å². The number of ether oxygens (including phenoxy) is 2. The molecule has 3 heteroatoms. The molecule has 0 fully saturated rings. The number of carbonyl (C=O) groups excluding carboxylic acids is 1. The summed E-state index contributed by atoms with van der Waals surface area (Å²) < 4.78 is 10.4. The first-order valence-corrected chi connectivity index (χ1v) is 10.1. The predicted molar refractivity (Wildman–Crippen MR) is 117 cm³/mol. The number of esters is 1. The van der Waals surface area contributed by atoms with Crippen LogP contribution >= 0.6 is 0 Å². The van der Waals surface area contributed by atoms with Gasteiger partial charge in [0.2, 0.25) is 0 Å². The third-order valence-corrected chi connectivity index (χ3v) is 4.14. The van der Waals surface area contributed by atoms with E-state index in [-0.39, 0.29) is 5.97 Å². The van der Waals surface area contributed by atoms with Gasteiger partial charge in [0.25, 0.3) is 0 Å². The van der Waals surface area contributed by atoms with Crippen molar-refractivity contribution in [2.24, 2.45) is 0 Å². The maximum atomic E-state index is 11.4. The van der Waals surface area contributed by atoms with Crippen molar-refractivity contribution in [3.8, 4) is 0 Å². The van der Waals surface area contributed by atoms with Crippen LogP contribution in [0.1, 0.15) is 51.5 Å². The molecule has 0 aliphatic carbocycles. The molecule has 0 radical (unpaired) electrons. The van der Waals surface area contributed by atoms with Crippen molar-refractivity contribution in [2.45, 2.75) is 52.6 Å². The van der Waals surface area contributed by atoms with Crippen LogP contribution in [0.5, 0.6) is 0 Å². The van der Waals surface area contributed by atoms with E-state index in [2.05, 4.69) is 44.2 Å². The van der Waals surface area contributed by atoms with Crippen molar-refractivity contribution in [3.63, 3.8) is 0 Å². The Labute approximate surface area is 170 Å². The first-order valence-electron chi connectivity index (χ1n) is 10.1. The fraction of sp³-hybridized carbons (Fsp3) is 0.400. The number of hydrogen-bond donors (Lipinski definition) is 0. The Balaban J connectivity index is 2.32. The number of rotatable bonds is 13. The predicted octanol–water partition coefficient (Wildman–Crippen LogP) is 6.33. The third kappa shape index (κ3) is 12.1. The molecule has 0 unspecified atom stereocenters. The van der Waals surface area contributed by atoms with Crippen molar-refractivity contribution < 1.29 is 14.3 Å². The van der Waals surface area contributed by atoms with E-state index < -0.39 is 0 Å².